The smallest absolute Gasteiger partial charge is 0.227 e. The Morgan fingerprint density at radius 2 is 0.571 bits per heavy atom. The number of anilines is 4. The number of carbonyl (C=O) groups excluding carboxylic acids is 4. The van der Waals surface area contributed by atoms with Gasteiger partial charge in [0.2, 0.25) is 23.6 Å². The largest absolute Gasteiger partial charge is 0.335 e. The van der Waals surface area contributed by atoms with Gasteiger partial charge in [0.25, 0.3) is 0 Å². The van der Waals surface area contributed by atoms with E-state index in [1.807, 2.05) is 125 Å². The third-order valence-corrected chi connectivity index (χ3v) is 24.4. The normalized spacial score (nSPS) is 11.9. The van der Waals surface area contributed by atoms with Gasteiger partial charge in [0.15, 0.2) is 45.9 Å². The summed E-state index contributed by atoms with van der Waals surface area (Å²) in [6, 6.07) is 31.0. The van der Waals surface area contributed by atoms with Crippen LogP contribution in [0.15, 0.2) is 271 Å². The zero-order valence-electron chi connectivity index (χ0n) is 79.5. The van der Waals surface area contributed by atoms with Gasteiger partial charge in [-0.05, 0) is 150 Å². The number of amides is 4. The van der Waals surface area contributed by atoms with E-state index in [1.54, 1.807) is 174 Å². The van der Waals surface area contributed by atoms with Crippen molar-refractivity contribution < 1.29 is 19.2 Å². The lowest BCUT2D eigenvalue weighted by Gasteiger charge is -2.17. The van der Waals surface area contributed by atoms with Crippen molar-refractivity contribution in [3.63, 3.8) is 0 Å². The summed E-state index contributed by atoms with van der Waals surface area (Å²) in [5, 5.41) is 44.8. The van der Waals surface area contributed by atoms with Crippen molar-refractivity contribution in [1.29, 1.82) is 0 Å². The van der Waals surface area contributed by atoms with E-state index in [1.165, 1.54) is 0 Å². The molecule has 0 atom stereocenters. The van der Waals surface area contributed by atoms with Crippen molar-refractivity contribution in [3.05, 3.63) is 271 Å². The van der Waals surface area contributed by atoms with Crippen LogP contribution in [0, 0.1) is 11.3 Å². The lowest BCUT2D eigenvalue weighted by atomic mass is 9.92. The summed E-state index contributed by atoms with van der Waals surface area (Å²) in [6.45, 7) is 10.1. The number of aromatic nitrogens is 32. The van der Waals surface area contributed by atoms with Crippen LogP contribution in [0.2, 0.25) is 0 Å². The number of imidazole rings is 4. The van der Waals surface area contributed by atoms with Crippen molar-refractivity contribution in [2.75, 3.05) is 21.3 Å². The molecule has 1 fully saturated rings. The van der Waals surface area contributed by atoms with Crippen LogP contribution < -0.4 is 21.3 Å². The van der Waals surface area contributed by atoms with Gasteiger partial charge in [0, 0.05) is 216 Å². The molecule has 25 rings (SSSR count). The maximum atomic E-state index is 12.4. The van der Waals surface area contributed by atoms with Crippen molar-refractivity contribution in [3.8, 4) is 135 Å². The first kappa shape index (κ1) is 92.1. The minimum atomic E-state index is -0.104. The highest BCUT2D eigenvalue weighted by Gasteiger charge is 2.31. The van der Waals surface area contributed by atoms with E-state index < -0.39 is 0 Å². The summed E-state index contributed by atoms with van der Waals surface area (Å²) in [5.74, 6) is 2.61. The molecule has 12 N–H and O–H groups in total. The van der Waals surface area contributed by atoms with Crippen LogP contribution in [-0.4, -0.2) is 184 Å². The van der Waals surface area contributed by atoms with E-state index in [0.717, 1.165) is 204 Å². The molecule has 1 aliphatic carbocycles. The summed E-state index contributed by atoms with van der Waals surface area (Å²) in [5.41, 5.74) is 28.5. The quantitative estimate of drug-likeness (QED) is 0.0283. The monoisotopic (exact) mass is 1940 g/mol. The molecule has 40 nitrogen and oxygen atoms in total. The molecule has 4 amide bonds. The third-order valence-electron chi connectivity index (χ3n) is 24.4. The average Bonchev–Trinajstić information content (AvgIpc) is 1.63. The van der Waals surface area contributed by atoms with Crippen LogP contribution >= 0.6 is 0 Å². The highest BCUT2D eigenvalue weighted by Crippen LogP contribution is 2.41. The molecular weight excluding hydrogens is 1850 g/mol. The van der Waals surface area contributed by atoms with Crippen LogP contribution in [0.25, 0.3) is 223 Å². The predicted molar refractivity (Wildman–Crippen MR) is 559 cm³/mol. The molecule has 0 aliphatic heterocycles. The fourth-order valence-electron chi connectivity index (χ4n) is 17.1. The lowest BCUT2D eigenvalue weighted by molar-refractivity contribution is -0.118. The van der Waals surface area contributed by atoms with E-state index in [0.29, 0.717) is 93.6 Å². The Bertz CT molecular complexity index is 9040. The number of nitrogens with zero attached hydrogens (tertiary/aromatic N) is 24. The number of unbranched alkanes of at least 4 members (excludes halogenated alkanes) is 1. The van der Waals surface area contributed by atoms with E-state index in [-0.39, 0.29) is 35.0 Å². The summed E-state index contributed by atoms with van der Waals surface area (Å²) in [6.07, 6.45) is 54.6. The second kappa shape index (κ2) is 40.3. The first-order valence-corrected chi connectivity index (χ1v) is 47.3. The number of hydrogen-bond donors (Lipinski definition) is 12. The first-order chi connectivity index (χ1) is 71.9. The molecule has 0 saturated heterocycles. The van der Waals surface area contributed by atoms with Gasteiger partial charge in [-0.1, -0.05) is 41.0 Å². The van der Waals surface area contributed by atoms with Gasteiger partial charge in [-0.15, -0.1) is 0 Å². The zero-order chi connectivity index (χ0) is 100. The molecule has 1 aliphatic rings. The van der Waals surface area contributed by atoms with Crippen LogP contribution in [0.3, 0.4) is 0 Å². The highest BCUT2D eigenvalue weighted by atomic mass is 16.2. The average molecular weight is 1940 g/mol. The Kier molecular flexibility index (Phi) is 25.3. The maximum Gasteiger partial charge on any atom is 0.227 e. The molecule has 24 heterocycles. The number of carbonyl (C=O) groups is 4. The lowest BCUT2D eigenvalue weighted by Crippen LogP contribution is -2.19. The van der Waals surface area contributed by atoms with Crippen molar-refractivity contribution in [2.45, 2.75) is 86.0 Å². The standard InChI is InChI=1S/C28H25N9O.C27H23N9O.C26H19N9O.C26H21N9O/c1-28(2,3)10-23(38)33-19-8-17(11-30-13-19)18-9-20-25(36-37-26(20)32-12-18)27-34-22-15-31-14-21(24(22)35-27)16-4-6-29-7-5-16;1-2-3-4-23(37)32-19-9-17(11-29-13-19)18-10-20-25(35-36-26(20)31-12-18)27-33-22-15-30-14-21(24(22)34-27)16-5-7-28-8-6-16;36-26(15-1-2-15)31-18-7-16(9-28-11-18)17-8-19-23(34-35-24(19)30-10-17)25-32-21-13-29-12-20(22(21)33-25)14-3-5-27-6-4-14;1-2-3-22(36)31-18-8-16(10-28-12-18)17-9-19-24(34-35-25(19)30-11-17)26-32-21-14-29-13-20(23(21)33-26)15-4-6-27-7-5-15/h4-9,11-15H,10H2,1-3H3,(H,33,38)(H,34,35)(H,32,36,37);5-15H,2-4H2,1H3,(H,32,37)(H,33,34)(H,31,35,36);3-13,15H,1-2H2,(H,31,36)(H,32,33)(H,30,34,35);4-14H,2-3H2,1H3,(H,31,36)(H,32,33)(H,30,34,35). The van der Waals surface area contributed by atoms with E-state index in [9.17, 15) is 19.2 Å². The molecular formula is C107H88N36O4. The molecule has 0 unspecified atom stereocenters. The fourth-order valence-corrected chi connectivity index (χ4v) is 17.1. The molecule has 24 aromatic rings. The van der Waals surface area contributed by atoms with Gasteiger partial charge in [-0.25, -0.2) is 39.9 Å². The van der Waals surface area contributed by atoms with Crippen molar-refractivity contribution in [1.82, 2.24) is 160 Å². The van der Waals surface area contributed by atoms with Crippen molar-refractivity contribution >= 4 is 135 Å². The Morgan fingerprint density at radius 3 is 0.850 bits per heavy atom. The van der Waals surface area contributed by atoms with Crippen LogP contribution in [-0.2, 0) is 19.2 Å². The SMILES string of the molecule is CC(C)(C)CC(=O)Nc1cncc(-c2cnc3n[nH]c(-c4nc5c(-c6ccncc6)cncc5[nH]4)c3c2)c1.CCCC(=O)Nc1cncc(-c2cnc3n[nH]c(-c4nc5c(-c6ccncc6)cncc5[nH]4)c3c2)c1.CCCCC(=O)Nc1cncc(-c2cnc3n[nH]c(-c4nc5c(-c6ccncc6)cncc5[nH]4)c3c2)c1.O=C(Nc1cncc(-c2cnc3n[nH]c(-c4nc5c(-c6ccncc6)cncc5[nH]4)c3c2)c1)C1CC1. The number of hydrogen-bond acceptors (Lipinski definition) is 28. The summed E-state index contributed by atoms with van der Waals surface area (Å²) in [4.78, 5) is 151. The number of rotatable bonds is 23. The molecule has 0 aromatic carbocycles. The number of aromatic amines is 8. The van der Waals surface area contributed by atoms with Gasteiger partial charge in [-0.3, -0.25) is 99.4 Å². The number of nitrogens with one attached hydrogen (secondary N) is 12. The topological polar surface area (TPSA) is 552 Å². The van der Waals surface area contributed by atoms with Crippen LogP contribution in [0.5, 0.6) is 0 Å². The Labute approximate surface area is 833 Å². The minimum absolute atomic E-state index is 0.0167. The molecule has 24 aromatic heterocycles. The third kappa shape index (κ3) is 20.0. The molecule has 147 heavy (non-hydrogen) atoms. The van der Waals surface area contributed by atoms with Gasteiger partial charge in [-0.2, -0.15) is 20.4 Å². The molecule has 0 radical (unpaired) electrons. The van der Waals surface area contributed by atoms with E-state index in [4.69, 9.17) is 19.9 Å². The Balaban J connectivity index is 0.000000111. The maximum absolute atomic E-state index is 12.4. The van der Waals surface area contributed by atoms with E-state index in [2.05, 4.69) is 169 Å². The van der Waals surface area contributed by atoms with Crippen LogP contribution in [0.4, 0.5) is 22.7 Å². The van der Waals surface area contributed by atoms with Gasteiger partial charge < -0.3 is 41.2 Å². The first-order valence-electron chi connectivity index (χ1n) is 47.3. The second-order valence-electron chi connectivity index (χ2n) is 36.2. The Morgan fingerprint density at radius 1 is 0.299 bits per heavy atom. The number of H-pyrrole nitrogens is 8. The minimum Gasteiger partial charge on any atom is -0.335 e. The molecule has 720 valence electrons. The molecule has 40 heteroatoms. The second-order valence-corrected chi connectivity index (χ2v) is 36.2. The highest BCUT2D eigenvalue weighted by molar-refractivity contribution is 6.04. The number of pyridine rings is 16. The molecule has 1 saturated carbocycles. The van der Waals surface area contributed by atoms with Gasteiger partial charge >= 0.3 is 0 Å². The molecule has 0 spiro atoms. The van der Waals surface area contributed by atoms with Gasteiger partial charge in [0.05, 0.1) is 138 Å². The van der Waals surface area contributed by atoms with Crippen molar-refractivity contribution in [2.24, 2.45) is 11.3 Å². The number of fused-ring (bicyclic) bond motifs is 8. The van der Waals surface area contributed by atoms with E-state index >= 15 is 0 Å². The summed E-state index contributed by atoms with van der Waals surface area (Å²) in [7, 11) is 0. The molecule has 0 bridgehead atoms. The van der Waals surface area contributed by atoms with Crippen LogP contribution in [0.1, 0.15) is 86.0 Å². The predicted octanol–water partition coefficient (Wildman–Crippen LogP) is 19.7. The zero-order valence-corrected chi connectivity index (χ0v) is 79.5. The summed E-state index contributed by atoms with van der Waals surface area (Å²) < 4.78 is 0. The van der Waals surface area contributed by atoms with Gasteiger partial charge in [0.1, 0.15) is 22.8 Å². The fraction of sp³-hybridized carbons (Fsp3) is 0.140. The summed E-state index contributed by atoms with van der Waals surface area (Å²) >= 11 is 0. The Hall–Kier alpha value is -20.0.